The van der Waals surface area contributed by atoms with E-state index < -0.39 is 0 Å². The van der Waals surface area contributed by atoms with E-state index >= 15 is 0 Å². The van der Waals surface area contributed by atoms with Gasteiger partial charge in [0, 0.05) is 24.6 Å². The minimum absolute atomic E-state index is 0.200. The van der Waals surface area contributed by atoms with Gasteiger partial charge in [-0.3, -0.25) is 14.6 Å². The Morgan fingerprint density at radius 3 is 2.74 bits per heavy atom. The van der Waals surface area contributed by atoms with E-state index in [4.69, 9.17) is 4.84 Å². The highest BCUT2D eigenvalue weighted by Gasteiger charge is 2.39. The molecule has 0 bridgehead atoms. The number of amides is 1. The molecule has 0 aliphatic heterocycles. The Hall–Kier alpha value is -2.40. The summed E-state index contributed by atoms with van der Waals surface area (Å²) in [5.41, 5.74) is 5.16. The second-order valence-electron chi connectivity index (χ2n) is 7.69. The first-order valence-corrected chi connectivity index (χ1v) is 9.95. The van der Waals surface area contributed by atoms with Crippen molar-refractivity contribution in [2.24, 2.45) is 17.8 Å². The second-order valence-corrected chi connectivity index (χ2v) is 7.69. The maximum atomic E-state index is 12.6. The zero-order valence-corrected chi connectivity index (χ0v) is 15.6. The van der Waals surface area contributed by atoms with Crippen LogP contribution in [0.1, 0.15) is 48.0 Å². The number of rotatable bonds is 7. The first kappa shape index (κ1) is 18.0. The molecule has 0 spiro atoms. The van der Waals surface area contributed by atoms with E-state index in [0.717, 1.165) is 23.1 Å². The lowest BCUT2D eigenvalue weighted by Crippen LogP contribution is -2.39. The van der Waals surface area contributed by atoms with Crippen LogP contribution >= 0.6 is 0 Å². The Bertz CT molecular complexity index is 765. The molecule has 2 aromatic rings. The van der Waals surface area contributed by atoms with Crippen LogP contribution in [0.15, 0.2) is 48.8 Å². The molecule has 0 saturated heterocycles. The van der Waals surface area contributed by atoms with Crippen LogP contribution < -0.4 is 10.8 Å². The summed E-state index contributed by atoms with van der Waals surface area (Å²) in [6.45, 7) is 1.26. The van der Waals surface area contributed by atoms with Gasteiger partial charge in [0.15, 0.2) is 0 Å². The molecule has 1 heterocycles. The molecule has 4 rings (SSSR count). The lowest BCUT2D eigenvalue weighted by molar-refractivity contribution is -0.0365. The van der Waals surface area contributed by atoms with Gasteiger partial charge in [-0.1, -0.05) is 25.0 Å². The number of hydrogen-bond donors (Lipinski definition) is 2. The fraction of sp³-hybridized carbons (Fsp3) is 0.455. The maximum absolute atomic E-state index is 12.6. The fourth-order valence-corrected chi connectivity index (χ4v) is 4.44. The summed E-state index contributed by atoms with van der Waals surface area (Å²) in [4.78, 5) is 22.2. The number of benzene rings is 1. The Labute approximate surface area is 160 Å². The average molecular weight is 365 g/mol. The summed E-state index contributed by atoms with van der Waals surface area (Å²) in [6, 6.07) is 11.4. The van der Waals surface area contributed by atoms with Crippen LogP contribution in [0.3, 0.4) is 0 Å². The van der Waals surface area contributed by atoms with E-state index in [0.29, 0.717) is 24.6 Å². The largest absolute Gasteiger partial charge is 0.380 e. The summed E-state index contributed by atoms with van der Waals surface area (Å²) < 4.78 is 0. The quantitative estimate of drug-likeness (QED) is 0.723. The summed E-state index contributed by atoms with van der Waals surface area (Å²) in [7, 11) is 0. The molecule has 5 nitrogen and oxygen atoms in total. The second kappa shape index (κ2) is 8.53. The normalized spacial score (nSPS) is 23.8. The topological polar surface area (TPSA) is 63.2 Å². The van der Waals surface area contributed by atoms with Crippen molar-refractivity contribution in [3.8, 4) is 0 Å². The van der Waals surface area contributed by atoms with Crippen LogP contribution in [0.5, 0.6) is 0 Å². The Kier molecular flexibility index (Phi) is 5.68. The molecule has 1 aromatic heterocycles. The number of hydroxylamine groups is 1. The number of carbonyl (C=O) groups is 1. The molecule has 1 aromatic carbocycles. The lowest BCUT2D eigenvalue weighted by atomic mass is 9.61. The Morgan fingerprint density at radius 1 is 1.07 bits per heavy atom. The Balaban J connectivity index is 1.30. The van der Waals surface area contributed by atoms with Gasteiger partial charge in [-0.2, -0.15) is 0 Å². The first-order chi connectivity index (χ1) is 13.3. The SMILES string of the molecule is O=C(NOCC1CCCC2CC[C@@H]21)c1ccccc1NCc1ccncc1. The summed E-state index contributed by atoms with van der Waals surface area (Å²) in [6.07, 6.45) is 10.1. The molecule has 142 valence electrons. The van der Waals surface area contributed by atoms with Gasteiger partial charge in [-0.05, 0) is 66.8 Å². The molecule has 2 aliphatic carbocycles. The monoisotopic (exact) mass is 365 g/mol. The highest BCUT2D eigenvalue weighted by atomic mass is 16.6. The number of fused-ring (bicyclic) bond motifs is 1. The zero-order valence-electron chi connectivity index (χ0n) is 15.6. The zero-order chi connectivity index (χ0) is 18.5. The third-order valence-electron chi connectivity index (χ3n) is 6.10. The standard InChI is InChI=1S/C22H27N3O2/c26-22(25-27-15-18-5-3-4-17-8-9-19(17)18)20-6-1-2-7-21(20)24-14-16-10-12-23-13-11-16/h1-2,6-7,10-13,17-19,24H,3-5,8-9,14-15H2,(H,25,26)/t17?,18?,19-/m0/s1. The molecule has 5 heteroatoms. The van der Waals surface area contributed by atoms with Crippen molar-refractivity contribution < 1.29 is 9.63 Å². The van der Waals surface area contributed by atoms with Crippen molar-refractivity contribution in [2.45, 2.75) is 38.6 Å². The Morgan fingerprint density at radius 2 is 1.93 bits per heavy atom. The van der Waals surface area contributed by atoms with E-state index in [1.54, 1.807) is 12.4 Å². The molecule has 27 heavy (non-hydrogen) atoms. The smallest absolute Gasteiger partial charge is 0.276 e. The summed E-state index contributed by atoms with van der Waals surface area (Å²) in [5, 5.41) is 3.33. The first-order valence-electron chi connectivity index (χ1n) is 9.95. The highest BCUT2D eigenvalue weighted by Crippen LogP contribution is 2.48. The molecular formula is C22H27N3O2. The number of para-hydroxylation sites is 1. The molecule has 2 fully saturated rings. The third-order valence-corrected chi connectivity index (χ3v) is 6.10. The predicted molar refractivity (Wildman–Crippen MR) is 105 cm³/mol. The molecule has 2 saturated carbocycles. The third kappa shape index (κ3) is 4.30. The number of aromatic nitrogens is 1. The lowest BCUT2D eigenvalue weighted by Gasteiger charge is -2.45. The van der Waals surface area contributed by atoms with Gasteiger partial charge in [0.05, 0.1) is 12.2 Å². The van der Waals surface area contributed by atoms with Gasteiger partial charge in [0.25, 0.3) is 5.91 Å². The van der Waals surface area contributed by atoms with Gasteiger partial charge in [0.1, 0.15) is 0 Å². The van der Waals surface area contributed by atoms with E-state index in [9.17, 15) is 4.79 Å². The van der Waals surface area contributed by atoms with Gasteiger partial charge in [-0.25, -0.2) is 5.48 Å². The van der Waals surface area contributed by atoms with Crippen molar-refractivity contribution >= 4 is 11.6 Å². The van der Waals surface area contributed by atoms with Gasteiger partial charge >= 0.3 is 0 Å². The van der Waals surface area contributed by atoms with E-state index in [1.165, 1.54) is 32.1 Å². The van der Waals surface area contributed by atoms with Gasteiger partial charge < -0.3 is 5.32 Å². The minimum atomic E-state index is -0.200. The van der Waals surface area contributed by atoms with Crippen LogP contribution in [0.25, 0.3) is 0 Å². The fourth-order valence-electron chi connectivity index (χ4n) is 4.44. The number of hydrogen-bond acceptors (Lipinski definition) is 4. The molecule has 2 N–H and O–H groups in total. The van der Waals surface area contributed by atoms with Crippen LogP contribution in [-0.4, -0.2) is 17.5 Å². The van der Waals surface area contributed by atoms with Crippen LogP contribution in [-0.2, 0) is 11.4 Å². The van der Waals surface area contributed by atoms with Crippen molar-refractivity contribution in [3.63, 3.8) is 0 Å². The van der Waals surface area contributed by atoms with Crippen molar-refractivity contribution in [2.75, 3.05) is 11.9 Å². The van der Waals surface area contributed by atoms with Crippen LogP contribution in [0.4, 0.5) is 5.69 Å². The number of nitrogens with one attached hydrogen (secondary N) is 2. The molecule has 2 unspecified atom stereocenters. The summed E-state index contributed by atoms with van der Waals surface area (Å²) in [5.74, 6) is 2.11. The number of pyridine rings is 1. The van der Waals surface area contributed by atoms with Crippen molar-refractivity contribution in [3.05, 3.63) is 59.9 Å². The molecule has 1 amide bonds. The van der Waals surface area contributed by atoms with Gasteiger partial charge in [-0.15, -0.1) is 0 Å². The molecule has 2 aliphatic rings. The number of nitrogens with zero attached hydrogens (tertiary/aromatic N) is 1. The molecular weight excluding hydrogens is 338 g/mol. The van der Waals surface area contributed by atoms with Gasteiger partial charge in [0.2, 0.25) is 0 Å². The van der Waals surface area contributed by atoms with E-state index in [2.05, 4.69) is 15.8 Å². The van der Waals surface area contributed by atoms with Crippen molar-refractivity contribution in [1.29, 1.82) is 0 Å². The number of anilines is 1. The average Bonchev–Trinajstić information content (AvgIpc) is 2.68. The van der Waals surface area contributed by atoms with E-state index in [-0.39, 0.29) is 5.91 Å². The molecule has 0 radical (unpaired) electrons. The summed E-state index contributed by atoms with van der Waals surface area (Å²) >= 11 is 0. The van der Waals surface area contributed by atoms with Crippen molar-refractivity contribution in [1.82, 2.24) is 10.5 Å². The van der Waals surface area contributed by atoms with Crippen LogP contribution in [0, 0.1) is 17.8 Å². The molecule has 3 atom stereocenters. The number of carbonyl (C=O) groups excluding carboxylic acids is 1. The predicted octanol–water partition coefficient (Wildman–Crippen LogP) is 4.18. The highest BCUT2D eigenvalue weighted by molar-refractivity contribution is 5.98. The van der Waals surface area contributed by atoms with Crippen LogP contribution in [0.2, 0.25) is 0 Å². The van der Waals surface area contributed by atoms with E-state index in [1.807, 2.05) is 36.4 Å². The minimum Gasteiger partial charge on any atom is -0.380 e. The maximum Gasteiger partial charge on any atom is 0.276 e.